The molecule has 0 saturated heterocycles. The third-order valence-electron chi connectivity index (χ3n) is 4.06. The predicted molar refractivity (Wildman–Crippen MR) is 118 cm³/mol. The van der Waals surface area contributed by atoms with Gasteiger partial charge < -0.3 is 16.4 Å². The zero-order valence-electron chi connectivity index (χ0n) is 15.4. The molecule has 6 nitrogen and oxygen atoms in total. The summed E-state index contributed by atoms with van der Waals surface area (Å²) in [6, 6.07) is 18.9. The second-order valence-electron chi connectivity index (χ2n) is 5.99. The number of carbonyl (C=O) groups is 2. The fourth-order valence-electron chi connectivity index (χ4n) is 2.53. The highest BCUT2D eigenvalue weighted by Gasteiger charge is 2.16. The third kappa shape index (κ3) is 6.87. The molecule has 2 amide bonds. The van der Waals surface area contributed by atoms with Gasteiger partial charge in [0.15, 0.2) is 0 Å². The Balaban J connectivity index is 0.00000210. The fraction of sp³-hybridized carbons (Fsp3) is 0.0952. The number of nitrogens with one attached hydrogen (secondary N) is 2. The summed E-state index contributed by atoms with van der Waals surface area (Å²) in [6.45, 7) is 0.416. The maximum absolute atomic E-state index is 12.3. The number of hydrogen-bond donors (Lipinski definition) is 3. The molecule has 1 atom stereocenters. The number of benzene rings is 2. The Morgan fingerprint density at radius 2 is 1.52 bits per heavy atom. The molecule has 0 saturated carbocycles. The average molecular weight is 433 g/mol. The van der Waals surface area contributed by atoms with Crippen LogP contribution in [0.4, 0.5) is 5.69 Å². The molecule has 0 spiro atoms. The van der Waals surface area contributed by atoms with E-state index in [1.165, 1.54) is 0 Å². The summed E-state index contributed by atoms with van der Waals surface area (Å²) in [6.07, 6.45) is 3.21. The molecule has 0 bridgehead atoms. The Hall–Kier alpha value is -2.93. The third-order valence-corrected chi connectivity index (χ3v) is 4.06. The van der Waals surface area contributed by atoms with Crippen molar-refractivity contribution >= 4 is 42.3 Å². The van der Waals surface area contributed by atoms with Crippen molar-refractivity contribution in [2.75, 3.05) is 5.32 Å². The Morgan fingerprint density at radius 3 is 2.14 bits per heavy atom. The van der Waals surface area contributed by atoms with Gasteiger partial charge in [0.2, 0.25) is 5.91 Å². The number of aromatic nitrogens is 1. The largest absolute Gasteiger partial charge is 0.350 e. The van der Waals surface area contributed by atoms with Crippen LogP contribution in [0, 0.1) is 0 Å². The van der Waals surface area contributed by atoms with Crippen LogP contribution >= 0.6 is 24.8 Å². The van der Waals surface area contributed by atoms with Gasteiger partial charge in [-0.3, -0.25) is 14.6 Å². The van der Waals surface area contributed by atoms with Gasteiger partial charge in [-0.2, -0.15) is 0 Å². The number of amides is 2. The van der Waals surface area contributed by atoms with E-state index in [2.05, 4.69) is 15.6 Å². The van der Waals surface area contributed by atoms with Gasteiger partial charge in [0.1, 0.15) is 6.04 Å². The fourth-order valence-corrected chi connectivity index (χ4v) is 2.53. The maximum Gasteiger partial charge on any atom is 0.255 e. The smallest absolute Gasteiger partial charge is 0.255 e. The van der Waals surface area contributed by atoms with E-state index in [0.29, 0.717) is 23.4 Å². The highest BCUT2D eigenvalue weighted by molar-refractivity contribution is 6.04. The van der Waals surface area contributed by atoms with Crippen LogP contribution < -0.4 is 16.4 Å². The van der Waals surface area contributed by atoms with Crippen molar-refractivity contribution in [3.8, 4) is 0 Å². The number of anilines is 1. The van der Waals surface area contributed by atoms with Gasteiger partial charge in [-0.15, -0.1) is 24.8 Å². The predicted octanol–water partition coefficient (Wildman–Crippen LogP) is 3.49. The summed E-state index contributed by atoms with van der Waals surface area (Å²) in [7, 11) is 0. The van der Waals surface area contributed by atoms with Crippen LogP contribution in [0.15, 0.2) is 79.1 Å². The molecular formula is C21H22Cl2N4O2. The van der Waals surface area contributed by atoms with E-state index in [9.17, 15) is 9.59 Å². The molecule has 29 heavy (non-hydrogen) atoms. The molecule has 8 heteroatoms. The number of rotatable bonds is 6. The Kier molecular flexibility index (Phi) is 9.82. The number of carbonyl (C=O) groups excluding carboxylic acids is 2. The van der Waals surface area contributed by atoms with E-state index in [4.69, 9.17) is 5.73 Å². The number of hydrogen-bond acceptors (Lipinski definition) is 4. The van der Waals surface area contributed by atoms with Crippen LogP contribution in [0.2, 0.25) is 0 Å². The second kappa shape index (κ2) is 11.8. The molecule has 0 radical (unpaired) electrons. The summed E-state index contributed by atoms with van der Waals surface area (Å²) in [5.41, 5.74) is 8.82. The van der Waals surface area contributed by atoms with Gasteiger partial charge >= 0.3 is 0 Å². The number of pyridine rings is 1. The van der Waals surface area contributed by atoms with E-state index in [1.807, 2.05) is 30.3 Å². The van der Waals surface area contributed by atoms with Crippen LogP contribution in [0.5, 0.6) is 0 Å². The first kappa shape index (κ1) is 24.1. The van der Waals surface area contributed by atoms with E-state index < -0.39 is 6.04 Å². The van der Waals surface area contributed by atoms with E-state index >= 15 is 0 Å². The first-order chi connectivity index (χ1) is 13.1. The molecule has 0 aliphatic carbocycles. The van der Waals surface area contributed by atoms with Crippen molar-refractivity contribution in [1.29, 1.82) is 0 Å². The monoisotopic (exact) mass is 432 g/mol. The SMILES string of the molecule is Cl.Cl.N[C@H](C(=O)NCc1ccccc1)c1ccc(C(=O)Nc2ccncc2)cc1. The molecular weight excluding hydrogens is 411 g/mol. The van der Waals surface area contributed by atoms with E-state index in [0.717, 1.165) is 5.56 Å². The minimum absolute atomic E-state index is 0. The van der Waals surface area contributed by atoms with Gasteiger partial charge in [-0.1, -0.05) is 42.5 Å². The maximum atomic E-state index is 12.3. The van der Waals surface area contributed by atoms with Gasteiger partial charge in [0.25, 0.3) is 5.91 Å². The van der Waals surface area contributed by atoms with Crippen LogP contribution in [-0.2, 0) is 11.3 Å². The summed E-state index contributed by atoms with van der Waals surface area (Å²) in [5.74, 6) is -0.511. The minimum atomic E-state index is -0.800. The van der Waals surface area contributed by atoms with Gasteiger partial charge in [0.05, 0.1) is 0 Å². The number of nitrogens with zero attached hydrogens (tertiary/aromatic N) is 1. The average Bonchev–Trinajstić information content (AvgIpc) is 2.73. The summed E-state index contributed by atoms with van der Waals surface area (Å²) in [5, 5.41) is 5.60. The molecule has 4 N–H and O–H groups in total. The Bertz CT molecular complexity index is 907. The summed E-state index contributed by atoms with van der Waals surface area (Å²) >= 11 is 0. The molecule has 0 aliphatic rings. The zero-order valence-corrected chi connectivity index (χ0v) is 17.1. The van der Waals surface area contributed by atoms with Gasteiger partial charge in [0, 0.05) is 30.2 Å². The van der Waals surface area contributed by atoms with Crippen LogP contribution in [0.25, 0.3) is 0 Å². The minimum Gasteiger partial charge on any atom is -0.350 e. The number of nitrogens with two attached hydrogens (primary N) is 1. The lowest BCUT2D eigenvalue weighted by molar-refractivity contribution is -0.122. The van der Waals surface area contributed by atoms with E-state index in [1.54, 1.807) is 48.8 Å². The highest BCUT2D eigenvalue weighted by atomic mass is 35.5. The first-order valence-corrected chi connectivity index (χ1v) is 8.52. The van der Waals surface area contributed by atoms with Crippen molar-refractivity contribution in [2.24, 2.45) is 5.73 Å². The molecule has 3 aromatic rings. The molecule has 0 unspecified atom stereocenters. The Labute approximate surface area is 181 Å². The first-order valence-electron chi connectivity index (χ1n) is 8.52. The topological polar surface area (TPSA) is 97.1 Å². The Morgan fingerprint density at radius 1 is 0.897 bits per heavy atom. The molecule has 152 valence electrons. The van der Waals surface area contributed by atoms with Crippen molar-refractivity contribution in [1.82, 2.24) is 10.3 Å². The van der Waals surface area contributed by atoms with E-state index in [-0.39, 0.29) is 36.6 Å². The highest BCUT2D eigenvalue weighted by Crippen LogP contribution is 2.14. The lowest BCUT2D eigenvalue weighted by Gasteiger charge is -2.13. The van der Waals surface area contributed by atoms with Crippen LogP contribution in [-0.4, -0.2) is 16.8 Å². The van der Waals surface area contributed by atoms with Crippen molar-refractivity contribution < 1.29 is 9.59 Å². The molecule has 0 aliphatic heterocycles. The molecule has 1 heterocycles. The molecule has 1 aromatic heterocycles. The molecule has 3 rings (SSSR count). The lowest BCUT2D eigenvalue weighted by Crippen LogP contribution is -2.33. The van der Waals surface area contributed by atoms with Crippen LogP contribution in [0.1, 0.15) is 27.5 Å². The van der Waals surface area contributed by atoms with Crippen molar-refractivity contribution in [2.45, 2.75) is 12.6 Å². The quantitative estimate of drug-likeness (QED) is 0.555. The van der Waals surface area contributed by atoms with Gasteiger partial charge in [-0.25, -0.2) is 0 Å². The van der Waals surface area contributed by atoms with Gasteiger partial charge in [-0.05, 0) is 35.4 Å². The lowest BCUT2D eigenvalue weighted by atomic mass is 10.0. The normalized spacial score (nSPS) is 10.7. The molecule has 0 fully saturated rings. The summed E-state index contributed by atoms with van der Waals surface area (Å²) < 4.78 is 0. The van der Waals surface area contributed by atoms with Crippen LogP contribution in [0.3, 0.4) is 0 Å². The molecule has 2 aromatic carbocycles. The second-order valence-corrected chi connectivity index (χ2v) is 5.99. The van der Waals surface area contributed by atoms with Crippen molar-refractivity contribution in [3.05, 3.63) is 95.8 Å². The summed E-state index contributed by atoms with van der Waals surface area (Å²) in [4.78, 5) is 28.4. The van der Waals surface area contributed by atoms with Crippen molar-refractivity contribution in [3.63, 3.8) is 0 Å². The zero-order chi connectivity index (χ0) is 19.1. The number of halogens is 2. The standard InChI is InChI=1S/C21H20N4O2.2ClH/c22-19(21(27)24-14-15-4-2-1-3-5-15)16-6-8-17(9-7-16)20(26)25-18-10-12-23-13-11-18;;/h1-13,19H,14,22H2,(H,24,27)(H,23,25,26);2*1H/t19-;;/m0../s1.